The number of ketones is 1. The van der Waals surface area contributed by atoms with E-state index in [2.05, 4.69) is 31.2 Å². The minimum atomic E-state index is 0.234. The second-order valence-electron chi connectivity index (χ2n) is 5.47. The van der Waals surface area contributed by atoms with E-state index in [9.17, 15) is 4.79 Å². The molecule has 1 nitrogen and oxygen atoms in total. The Balaban J connectivity index is 2.02. The number of thioether (sulfide) groups is 1. The van der Waals surface area contributed by atoms with Crippen molar-refractivity contribution in [3.8, 4) is 0 Å². The predicted molar refractivity (Wildman–Crippen MR) is 96.6 cm³/mol. The van der Waals surface area contributed by atoms with Crippen molar-refractivity contribution in [1.82, 2.24) is 0 Å². The van der Waals surface area contributed by atoms with Crippen molar-refractivity contribution in [2.24, 2.45) is 0 Å². The lowest BCUT2D eigenvalue weighted by Crippen LogP contribution is -2.06. The van der Waals surface area contributed by atoms with Gasteiger partial charge in [-0.15, -0.1) is 0 Å². The van der Waals surface area contributed by atoms with Crippen molar-refractivity contribution in [3.05, 3.63) is 71.8 Å². The zero-order valence-electron chi connectivity index (χ0n) is 13.2. The summed E-state index contributed by atoms with van der Waals surface area (Å²) >= 11 is 1.92. The van der Waals surface area contributed by atoms with Gasteiger partial charge in [0.05, 0.1) is 0 Å². The second-order valence-corrected chi connectivity index (χ2v) is 6.78. The SMILES string of the molecule is CCCCCSC(CC(=O)c1ccccc1)c1ccccc1. The van der Waals surface area contributed by atoms with E-state index in [1.807, 2.05) is 48.2 Å². The Morgan fingerprint density at radius 1 is 0.955 bits per heavy atom. The maximum Gasteiger partial charge on any atom is 0.164 e. The van der Waals surface area contributed by atoms with Crippen LogP contribution in [0.15, 0.2) is 60.7 Å². The quantitative estimate of drug-likeness (QED) is 0.422. The Bertz CT molecular complexity index is 550. The lowest BCUT2D eigenvalue weighted by Gasteiger charge is -2.16. The first-order valence-electron chi connectivity index (χ1n) is 8.06. The van der Waals surface area contributed by atoms with E-state index >= 15 is 0 Å². The first-order valence-corrected chi connectivity index (χ1v) is 9.11. The Morgan fingerprint density at radius 2 is 1.59 bits per heavy atom. The normalized spacial score (nSPS) is 12.0. The third kappa shape index (κ3) is 5.34. The van der Waals surface area contributed by atoms with E-state index in [0.717, 1.165) is 11.3 Å². The van der Waals surface area contributed by atoms with Crippen LogP contribution in [-0.2, 0) is 0 Å². The number of rotatable bonds is 9. The molecule has 0 fully saturated rings. The molecule has 0 aliphatic heterocycles. The first kappa shape index (κ1) is 16.8. The topological polar surface area (TPSA) is 17.1 Å². The molecular formula is C20H24OS. The van der Waals surface area contributed by atoms with Gasteiger partial charge in [0.2, 0.25) is 0 Å². The molecular weight excluding hydrogens is 288 g/mol. The Morgan fingerprint density at radius 3 is 2.23 bits per heavy atom. The highest BCUT2D eigenvalue weighted by molar-refractivity contribution is 7.99. The molecule has 0 saturated carbocycles. The highest BCUT2D eigenvalue weighted by Crippen LogP contribution is 2.33. The molecule has 1 unspecified atom stereocenters. The van der Waals surface area contributed by atoms with E-state index < -0.39 is 0 Å². The van der Waals surface area contributed by atoms with Crippen LogP contribution in [0.2, 0.25) is 0 Å². The Hall–Kier alpha value is -1.54. The number of benzene rings is 2. The molecule has 0 bridgehead atoms. The molecule has 116 valence electrons. The molecule has 0 heterocycles. The van der Waals surface area contributed by atoms with Crippen molar-refractivity contribution in [3.63, 3.8) is 0 Å². The standard InChI is InChI=1S/C20H24OS/c1-2-3-10-15-22-20(18-13-8-5-9-14-18)16-19(21)17-11-6-4-7-12-17/h4-9,11-14,20H,2-3,10,15-16H2,1H3. The van der Waals surface area contributed by atoms with Gasteiger partial charge in [-0.25, -0.2) is 0 Å². The molecule has 0 aromatic heterocycles. The van der Waals surface area contributed by atoms with Gasteiger partial charge in [0, 0.05) is 17.2 Å². The molecule has 0 aliphatic rings. The van der Waals surface area contributed by atoms with Crippen LogP contribution in [0.25, 0.3) is 0 Å². The molecule has 2 heteroatoms. The van der Waals surface area contributed by atoms with Gasteiger partial charge in [-0.05, 0) is 17.7 Å². The number of hydrogen-bond acceptors (Lipinski definition) is 2. The van der Waals surface area contributed by atoms with Crippen molar-refractivity contribution < 1.29 is 4.79 Å². The van der Waals surface area contributed by atoms with Gasteiger partial charge in [-0.2, -0.15) is 11.8 Å². The lowest BCUT2D eigenvalue weighted by atomic mass is 10.0. The summed E-state index contributed by atoms with van der Waals surface area (Å²) in [4.78, 5) is 12.5. The molecule has 2 rings (SSSR count). The average Bonchev–Trinajstić information content (AvgIpc) is 2.59. The number of carbonyl (C=O) groups is 1. The number of carbonyl (C=O) groups excluding carboxylic acids is 1. The molecule has 0 amide bonds. The van der Waals surface area contributed by atoms with E-state index in [4.69, 9.17) is 0 Å². The lowest BCUT2D eigenvalue weighted by molar-refractivity contribution is 0.0982. The summed E-state index contributed by atoms with van der Waals surface area (Å²) < 4.78 is 0. The summed E-state index contributed by atoms with van der Waals surface area (Å²) in [5, 5.41) is 0.255. The number of unbranched alkanes of at least 4 members (excludes halogenated alkanes) is 2. The molecule has 2 aromatic carbocycles. The molecule has 2 aromatic rings. The Labute approximate surface area is 138 Å². The van der Waals surface area contributed by atoms with Crippen molar-refractivity contribution >= 4 is 17.5 Å². The molecule has 1 atom stereocenters. The third-order valence-corrected chi connectivity index (χ3v) is 5.07. The molecule has 0 saturated heterocycles. The van der Waals surface area contributed by atoms with Crippen LogP contribution in [0, 0.1) is 0 Å². The summed E-state index contributed by atoms with van der Waals surface area (Å²) in [5.41, 5.74) is 2.07. The average molecular weight is 312 g/mol. The molecule has 22 heavy (non-hydrogen) atoms. The maximum absolute atomic E-state index is 12.5. The van der Waals surface area contributed by atoms with Gasteiger partial charge >= 0.3 is 0 Å². The second kappa shape index (κ2) is 9.47. The molecule has 0 spiro atoms. The zero-order valence-corrected chi connectivity index (χ0v) is 14.0. The van der Waals surface area contributed by atoms with Crippen LogP contribution in [0.5, 0.6) is 0 Å². The van der Waals surface area contributed by atoms with Crippen molar-refractivity contribution in [2.45, 2.75) is 37.9 Å². The van der Waals surface area contributed by atoms with Crippen LogP contribution < -0.4 is 0 Å². The van der Waals surface area contributed by atoms with Crippen LogP contribution in [0.1, 0.15) is 53.8 Å². The zero-order chi connectivity index (χ0) is 15.6. The summed E-state index contributed by atoms with van der Waals surface area (Å²) in [6.45, 7) is 2.22. The van der Waals surface area contributed by atoms with Crippen molar-refractivity contribution in [2.75, 3.05) is 5.75 Å². The fraction of sp³-hybridized carbons (Fsp3) is 0.350. The summed E-state index contributed by atoms with van der Waals surface area (Å²) in [5.74, 6) is 1.35. The fourth-order valence-corrected chi connectivity index (χ4v) is 3.70. The Kier molecular flexibility index (Phi) is 7.24. The highest BCUT2D eigenvalue weighted by Gasteiger charge is 2.17. The van der Waals surface area contributed by atoms with Gasteiger partial charge in [-0.3, -0.25) is 4.79 Å². The molecule has 0 aliphatic carbocycles. The summed E-state index contributed by atoms with van der Waals surface area (Å²) in [7, 11) is 0. The van der Waals surface area contributed by atoms with E-state index in [0.29, 0.717) is 6.42 Å². The minimum absolute atomic E-state index is 0.234. The van der Waals surface area contributed by atoms with Crippen LogP contribution in [0.4, 0.5) is 0 Å². The smallest absolute Gasteiger partial charge is 0.164 e. The van der Waals surface area contributed by atoms with Crippen LogP contribution in [-0.4, -0.2) is 11.5 Å². The fourth-order valence-electron chi connectivity index (χ4n) is 2.43. The van der Waals surface area contributed by atoms with E-state index in [-0.39, 0.29) is 11.0 Å². The monoisotopic (exact) mass is 312 g/mol. The van der Waals surface area contributed by atoms with E-state index in [1.54, 1.807) is 0 Å². The molecule has 0 radical (unpaired) electrons. The van der Waals surface area contributed by atoms with Gasteiger partial charge in [0.25, 0.3) is 0 Å². The van der Waals surface area contributed by atoms with Gasteiger partial charge in [0.1, 0.15) is 0 Å². The summed E-state index contributed by atoms with van der Waals surface area (Å²) in [6.07, 6.45) is 4.30. The predicted octanol–water partition coefficient (Wildman–Crippen LogP) is 5.92. The number of hydrogen-bond donors (Lipinski definition) is 0. The largest absolute Gasteiger partial charge is 0.294 e. The first-order chi connectivity index (χ1) is 10.8. The summed E-state index contributed by atoms with van der Waals surface area (Å²) in [6, 6.07) is 20.0. The van der Waals surface area contributed by atoms with E-state index in [1.165, 1.54) is 24.8 Å². The third-order valence-electron chi connectivity index (χ3n) is 3.70. The molecule has 0 N–H and O–H groups in total. The maximum atomic E-state index is 12.5. The minimum Gasteiger partial charge on any atom is -0.294 e. The number of Topliss-reactive ketones (excluding diaryl/α,β-unsaturated/α-hetero) is 1. The van der Waals surface area contributed by atoms with Crippen LogP contribution in [0.3, 0.4) is 0 Å². The van der Waals surface area contributed by atoms with Crippen LogP contribution >= 0.6 is 11.8 Å². The van der Waals surface area contributed by atoms with Gasteiger partial charge in [-0.1, -0.05) is 80.4 Å². The van der Waals surface area contributed by atoms with Crippen molar-refractivity contribution in [1.29, 1.82) is 0 Å². The van der Waals surface area contributed by atoms with Gasteiger partial charge in [0.15, 0.2) is 5.78 Å². The van der Waals surface area contributed by atoms with Gasteiger partial charge < -0.3 is 0 Å². The highest BCUT2D eigenvalue weighted by atomic mass is 32.2.